The van der Waals surface area contributed by atoms with Crippen molar-refractivity contribution in [2.45, 2.75) is 195 Å². The summed E-state index contributed by atoms with van der Waals surface area (Å²) < 4.78 is 0. The van der Waals surface area contributed by atoms with E-state index in [9.17, 15) is 0 Å². The Bertz CT molecular complexity index is 3780. The van der Waals surface area contributed by atoms with Gasteiger partial charge in [0.2, 0.25) is 0 Å². The summed E-state index contributed by atoms with van der Waals surface area (Å²) in [4.78, 5) is 5.44. The zero-order chi connectivity index (χ0) is 61.9. The molecule has 0 saturated heterocycles. The van der Waals surface area contributed by atoms with E-state index >= 15 is 0 Å². The third-order valence-corrected chi connectivity index (χ3v) is 19.7. The molecule has 12 rings (SSSR count). The molecule has 0 amide bonds. The van der Waals surface area contributed by atoms with Gasteiger partial charge in [-0.25, -0.2) is 0 Å². The molecule has 0 spiro atoms. The number of fused-ring (bicyclic) bond motifs is 4. The van der Waals surface area contributed by atoms with Crippen molar-refractivity contribution in [1.82, 2.24) is 0 Å². The van der Waals surface area contributed by atoms with Crippen LogP contribution in [0.5, 0.6) is 0 Å². The lowest BCUT2D eigenvalue weighted by Crippen LogP contribution is -2.61. The number of hydrogen-bond donors (Lipinski definition) is 0. The van der Waals surface area contributed by atoms with Gasteiger partial charge in [-0.15, -0.1) is 0 Å². The first-order valence-electron chi connectivity index (χ1n) is 32.7. The standard InChI is InChI=1S/C84H95BN2/c1-79(2,3)62-34-24-55(25-35-62)59-32-44-74-70(48-59)85-71-49-60(56-26-36-63(37-27-56)80(4,5)6)33-45-75(71)87(73-47-43-67(84(16,17)18)53-69(73)58-30-40-65(41-31-58)82(10,11)12)77-51-61(54-22-20-19-21-23-54)50-76(78(77)85)86(74)72-46-42-66(83(13,14)15)52-68(72)57-28-38-64(39-29-57)81(7,8)9/h24-54H,19-23H2,1-18H3. The Morgan fingerprint density at radius 1 is 0.276 bits per heavy atom. The Morgan fingerprint density at radius 3 is 0.885 bits per heavy atom. The highest BCUT2D eigenvalue weighted by molar-refractivity contribution is 7.00. The second kappa shape index (κ2) is 21.8. The number of nitrogens with zero attached hydrogens (tertiary/aromatic N) is 2. The maximum absolute atomic E-state index is 2.72. The van der Waals surface area contributed by atoms with Crippen LogP contribution in [0.1, 0.15) is 202 Å². The van der Waals surface area contributed by atoms with E-state index in [1.807, 2.05) is 0 Å². The highest BCUT2D eigenvalue weighted by Gasteiger charge is 2.45. The molecule has 2 heterocycles. The Balaban J connectivity index is 1.21. The SMILES string of the molecule is CC(C)(C)c1ccc(-c2ccc3c(c2)B2c4cc(-c5ccc(C(C)(C)C)cc5)ccc4N(c4ccc(C(C)(C)C)cc4-c4ccc(C(C)(C)C)cc4)c4cc(C5CCCCC5)cc(c42)N3c2ccc(C(C)(C)C)cc2-c2ccc(C(C)(C)C)cc2)cc1. The summed E-state index contributed by atoms with van der Waals surface area (Å²) in [5, 5.41) is 0. The fraction of sp³-hybridized carbons (Fsp3) is 0.357. The number of anilines is 6. The number of hydrogen-bond acceptors (Lipinski definition) is 2. The molecular formula is C84H95BN2. The van der Waals surface area contributed by atoms with Gasteiger partial charge in [-0.3, -0.25) is 0 Å². The van der Waals surface area contributed by atoms with Crippen molar-refractivity contribution >= 4 is 57.2 Å². The Morgan fingerprint density at radius 2 is 0.563 bits per heavy atom. The largest absolute Gasteiger partial charge is 0.311 e. The summed E-state index contributed by atoms with van der Waals surface area (Å²) in [5.74, 6) is 0.447. The lowest BCUT2D eigenvalue weighted by molar-refractivity contribution is 0.444. The Kier molecular flexibility index (Phi) is 15.0. The average Bonchev–Trinajstić information content (AvgIpc) is 0.767. The van der Waals surface area contributed by atoms with E-state index < -0.39 is 0 Å². The summed E-state index contributed by atoms with van der Waals surface area (Å²) >= 11 is 0. The van der Waals surface area contributed by atoms with Crippen molar-refractivity contribution in [3.8, 4) is 44.5 Å². The van der Waals surface area contributed by atoms with Gasteiger partial charge >= 0.3 is 0 Å². The first kappa shape index (κ1) is 60.0. The van der Waals surface area contributed by atoms with E-state index in [1.165, 1.54) is 166 Å². The molecule has 0 atom stereocenters. The predicted octanol–water partition coefficient (Wildman–Crippen LogP) is 22.3. The minimum Gasteiger partial charge on any atom is -0.311 e. The maximum atomic E-state index is 2.72. The molecule has 444 valence electrons. The van der Waals surface area contributed by atoms with Crippen LogP contribution in [-0.4, -0.2) is 6.71 Å². The van der Waals surface area contributed by atoms with Gasteiger partial charge < -0.3 is 9.80 Å². The molecule has 1 aliphatic carbocycles. The van der Waals surface area contributed by atoms with Gasteiger partial charge in [0.05, 0.1) is 11.4 Å². The number of rotatable bonds is 7. The van der Waals surface area contributed by atoms with Crippen molar-refractivity contribution < 1.29 is 0 Å². The summed E-state index contributed by atoms with van der Waals surface area (Å²) in [6, 6.07) is 72.9. The van der Waals surface area contributed by atoms with Gasteiger partial charge in [0.25, 0.3) is 6.71 Å². The van der Waals surface area contributed by atoms with E-state index in [4.69, 9.17) is 0 Å². The lowest BCUT2D eigenvalue weighted by atomic mass is 9.33. The quantitative estimate of drug-likeness (QED) is 0.147. The number of benzene rings is 9. The molecule has 1 fully saturated rings. The van der Waals surface area contributed by atoms with Crippen molar-refractivity contribution in [2.75, 3.05) is 9.80 Å². The molecule has 9 aromatic rings. The van der Waals surface area contributed by atoms with Gasteiger partial charge in [0.15, 0.2) is 0 Å². The molecule has 9 aromatic carbocycles. The third-order valence-electron chi connectivity index (χ3n) is 19.7. The van der Waals surface area contributed by atoms with E-state index in [0.717, 1.165) is 0 Å². The molecule has 87 heavy (non-hydrogen) atoms. The molecular weight excluding hydrogens is 1050 g/mol. The molecule has 0 bridgehead atoms. The zero-order valence-corrected chi connectivity index (χ0v) is 55.9. The van der Waals surface area contributed by atoms with Gasteiger partial charge in [-0.2, -0.15) is 0 Å². The predicted molar refractivity (Wildman–Crippen MR) is 380 cm³/mol. The van der Waals surface area contributed by atoms with Crippen LogP contribution >= 0.6 is 0 Å². The van der Waals surface area contributed by atoms with Crippen LogP contribution in [0.4, 0.5) is 34.1 Å². The van der Waals surface area contributed by atoms with E-state index in [2.05, 4.69) is 316 Å². The molecule has 2 aliphatic heterocycles. The van der Waals surface area contributed by atoms with Gasteiger partial charge in [-0.1, -0.05) is 277 Å². The smallest absolute Gasteiger partial charge is 0.252 e. The topological polar surface area (TPSA) is 6.48 Å². The van der Waals surface area contributed by atoms with Crippen LogP contribution in [-0.2, 0) is 32.5 Å². The highest BCUT2D eigenvalue weighted by atomic mass is 15.2. The fourth-order valence-corrected chi connectivity index (χ4v) is 14.1. The van der Waals surface area contributed by atoms with Crippen molar-refractivity contribution in [3.05, 3.63) is 221 Å². The first-order valence-corrected chi connectivity index (χ1v) is 32.7. The lowest BCUT2D eigenvalue weighted by Gasteiger charge is -2.46. The summed E-state index contributed by atoms with van der Waals surface area (Å²) in [6.45, 7) is 41.8. The van der Waals surface area contributed by atoms with E-state index in [0.29, 0.717) is 5.92 Å². The summed E-state index contributed by atoms with van der Waals surface area (Å²) in [6.07, 6.45) is 6.20. The summed E-state index contributed by atoms with van der Waals surface area (Å²) in [5.41, 5.74) is 30.8. The van der Waals surface area contributed by atoms with Crippen LogP contribution in [0.2, 0.25) is 0 Å². The van der Waals surface area contributed by atoms with Gasteiger partial charge in [0.1, 0.15) is 0 Å². The minimum atomic E-state index is -0.0952. The van der Waals surface area contributed by atoms with E-state index in [1.54, 1.807) is 0 Å². The molecule has 0 radical (unpaired) electrons. The van der Waals surface area contributed by atoms with Crippen molar-refractivity contribution in [3.63, 3.8) is 0 Å². The molecule has 1 saturated carbocycles. The fourth-order valence-electron chi connectivity index (χ4n) is 14.1. The van der Waals surface area contributed by atoms with Crippen LogP contribution in [0, 0.1) is 0 Å². The van der Waals surface area contributed by atoms with E-state index in [-0.39, 0.29) is 39.2 Å². The molecule has 0 N–H and O–H groups in total. The molecule has 3 heteroatoms. The molecule has 0 unspecified atom stereocenters. The van der Waals surface area contributed by atoms with Gasteiger partial charge in [0, 0.05) is 33.9 Å². The second-order valence-electron chi connectivity index (χ2n) is 32.2. The zero-order valence-electron chi connectivity index (χ0n) is 55.9. The molecule has 0 aromatic heterocycles. The second-order valence-corrected chi connectivity index (χ2v) is 32.2. The minimum absolute atomic E-state index is 0.0273. The highest BCUT2D eigenvalue weighted by Crippen LogP contribution is 2.52. The van der Waals surface area contributed by atoms with Crippen molar-refractivity contribution in [1.29, 1.82) is 0 Å². The monoisotopic (exact) mass is 1140 g/mol. The van der Waals surface area contributed by atoms with Crippen molar-refractivity contribution in [2.24, 2.45) is 0 Å². The Hall–Kier alpha value is -7.36. The molecule has 3 aliphatic rings. The van der Waals surface area contributed by atoms with Crippen LogP contribution in [0.15, 0.2) is 182 Å². The maximum Gasteiger partial charge on any atom is 0.252 e. The van der Waals surface area contributed by atoms with Gasteiger partial charge in [-0.05, 0) is 188 Å². The molecule has 2 nitrogen and oxygen atoms in total. The summed E-state index contributed by atoms with van der Waals surface area (Å²) in [7, 11) is 0. The normalized spacial score (nSPS) is 14.9. The van der Waals surface area contributed by atoms with Crippen LogP contribution in [0.3, 0.4) is 0 Å². The average molecular weight is 1140 g/mol. The van der Waals surface area contributed by atoms with Crippen LogP contribution < -0.4 is 26.2 Å². The van der Waals surface area contributed by atoms with Crippen LogP contribution in [0.25, 0.3) is 44.5 Å². The third kappa shape index (κ3) is 11.5. The Labute approximate surface area is 524 Å². The first-order chi connectivity index (χ1) is 40.9.